The zero-order valence-corrected chi connectivity index (χ0v) is 14.1. The first-order valence-electron chi connectivity index (χ1n) is 7.82. The summed E-state index contributed by atoms with van der Waals surface area (Å²) in [4.78, 5) is 0.0354. The molecule has 1 aliphatic carbocycles. The van der Waals surface area contributed by atoms with Gasteiger partial charge in [0.05, 0.1) is 18.7 Å². The third-order valence-corrected chi connectivity index (χ3v) is 5.89. The van der Waals surface area contributed by atoms with Crippen molar-refractivity contribution in [2.75, 3.05) is 13.7 Å². The standard InChI is InChI=1S/C16H23N3O3S/c1-22-15-9-12(10-17)7-8-16(15)23(20,21)19-14(11-18)13-5-3-2-4-6-13/h7-9,13-14,19H,2-6,11,18H2,1H3. The highest BCUT2D eigenvalue weighted by molar-refractivity contribution is 7.89. The molecule has 0 spiro atoms. The van der Waals surface area contributed by atoms with Gasteiger partial charge >= 0.3 is 0 Å². The molecule has 6 nitrogen and oxygen atoms in total. The molecule has 0 radical (unpaired) electrons. The summed E-state index contributed by atoms with van der Waals surface area (Å²) in [5.74, 6) is 0.434. The van der Waals surface area contributed by atoms with Gasteiger partial charge < -0.3 is 10.5 Å². The van der Waals surface area contributed by atoms with Crippen LogP contribution in [0.3, 0.4) is 0 Å². The minimum Gasteiger partial charge on any atom is -0.495 e. The summed E-state index contributed by atoms with van der Waals surface area (Å²) in [7, 11) is -2.37. The Morgan fingerprint density at radius 3 is 2.65 bits per heavy atom. The van der Waals surface area contributed by atoms with E-state index in [-0.39, 0.29) is 29.1 Å². The zero-order chi connectivity index (χ0) is 16.9. The summed E-state index contributed by atoms with van der Waals surface area (Å²) < 4.78 is 33.2. The highest BCUT2D eigenvalue weighted by Gasteiger charge is 2.29. The van der Waals surface area contributed by atoms with Gasteiger partial charge in [0, 0.05) is 12.6 Å². The van der Waals surface area contributed by atoms with Crippen molar-refractivity contribution in [3.05, 3.63) is 23.8 Å². The molecule has 0 bridgehead atoms. The molecule has 1 saturated carbocycles. The van der Waals surface area contributed by atoms with Crippen molar-refractivity contribution in [1.29, 1.82) is 5.26 Å². The van der Waals surface area contributed by atoms with Crippen molar-refractivity contribution in [2.45, 2.75) is 43.0 Å². The minimum atomic E-state index is -3.75. The molecule has 2 rings (SSSR count). The SMILES string of the molecule is COc1cc(C#N)ccc1S(=O)(=O)NC(CN)C1CCCCC1. The molecule has 1 atom stereocenters. The van der Waals surface area contributed by atoms with Gasteiger partial charge in [-0.05, 0) is 37.0 Å². The van der Waals surface area contributed by atoms with E-state index in [1.54, 1.807) is 0 Å². The molecule has 0 aliphatic heterocycles. The largest absolute Gasteiger partial charge is 0.495 e. The Labute approximate surface area is 137 Å². The molecule has 0 heterocycles. The van der Waals surface area contributed by atoms with Crippen LogP contribution in [-0.2, 0) is 10.0 Å². The molecule has 1 aromatic carbocycles. The van der Waals surface area contributed by atoms with Crippen molar-refractivity contribution in [3.8, 4) is 11.8 Å². The lowest BCUT2D eigenvalue weighted by molar-refractivity contribution is 0.294. The van der Waals surface area contributed by atoms with Gasteiger partial charge in [0.2, 0.25) is 10.0 Å². The number of ether oxygens (including phenoxy) is 1. The van der Waals surface area contributed by atoms with E-state index in [1.807, 2.05) is 6.07 Å². The predicted molar refractivity (Wildman–Crippen MR) is 87.4 cm³/mol. The molecule has 0 aromatic heterocycles. The number of nitrogens with zero attached hydrogens (tertiary/aromatic N) is 1. The van der Waals surface area contributed by atoms with E-state index in [0.717, 1.165) is 25.7 Å². The molecule has 0 amide bonds. The van der Waals surface area contributed by atoms with Crippen molar-refractivity contribution < 1.29 is 13.2 Å². The van der Waals surface area contributed by atoms with Gasteiger partial charge in [0.1, 0.15) is 10.6 Å². The van der Waals surface area contributed by atoms with Gasteiger partial charge in [-0.25, -0.2) is 13.1 Å². The molecule has 1 unspecified atom stereocenters. The summed E-state index contributed by atoms with van der Waals surface area (Å²) in [6, 6.07) is 5.98. The van der Waals surface area contributed by atoms with Crippen LogP contribution in [0.1, 0.15) is 37.7 Å². The number of hydrogen-bond acceptors (Lipinski definition) is 5. The van der Waals surface area contributed by atoms with Crippen LogP contribution < -0.4 is 15.2 Å². The Kier molecular flexibility index (Phi) is 5.99. The van der Waals surface area contributed by atoms with Crippen LogP contribution in [0.5, 0.6) is 5.75 Å². The highest BCUT2D eigenvalue weighted by atomic mass is 32.2. The van der Waals surface area contributed by atoms with E-state index in [9.17, 15) is 8.42 Å². The van der Waals surface area contributed by atoms with E-state index in [4.69, 9.17) is 15.7 Å². The maximum Gasteiger partial charge on any atom is 0.244 e. The molecule has 3 N–H and O–H groups in total. The Hall–Kier alpha value is -1.62. The molecule has 23 heavy (non-hydrogen) atoms. The van der Waals surface area contributed by atoms with E-state index in [1.165, 1.54) is 31.7 Å². The molecular formula is C16H23N3O3S. The average Bonchev–Trinajstić information content (AvgIpc) is 2.59. The second kappa shape index (κ2) is 7.77. The zero-order valence-electron chi connectivity index (χ0n) is 13.3. The second-order valence-electron chi connectivity index (χ2n) is 5.84. The highest BCUT2D eigenvalue weighted by Crippen LogP contribution is 2.29. The maximum atomic E-state index is 12.7. The van der Waals surface area contributed by atoms with Gasteiger partial charge in [0.15, 0.2) is 0 Å². The van der Waals surface area contributed by atoms with Crippen molar-refractivity contribution >= 4 is 10.0 Å². The van der Waals surface area contributed by atoms with Gasteiger partial charge in [-0.15, -0.1) is 0 Å². The summed E-state index contributed by atoms with van der Waals surface area (Å²) in [6.45, 7) is 0.266. The summed E-state index contributed by atoms with van der Waals surface area (Å²) in [5.41, 5.74) is 6.15. The monoisotopic (exact) mass is 337 g/mol. The van der Waals surface area contributed by atoms with E-state index in [2.05, 4.69) is 4.72 Å². The number of nitrogens with two attached hydrogens (primary N) is 1. The van der Waals surface area contributed by atoms with Crippen LogP contribution >= 0.6 is 0 Å². The van der Waals surface area contributed by atoms with Crippen LogP contribution in [0, 0.1) is 17.2 Å². The van der Waals surface area contributed by atoms with Crippen molar-refractivity contribution in [2.24, 2.45) is 11.7 Å². The number of benzene rings is 1. The first-order valence-corrected chi connectivity index (χ1v) is 9.30. The first kappa shape index (κ1) is 17.7. The van der Waals surface area contributed by atoms with Crippen LogP contribution in [0.15, 0.2) is 23.1 Å². The predicted octanol–water partition coefficient (Wildman–Crippen LogP) is 1.75. The molecule has 7 heteroatoms. The van der Waals surface area contributed by atoms with Gasteiger partial charge in [-0.1, -0.05) is 19.3 Å². The Bertz CT molecular complexity index is 676. The summed E-state index contributed by atoms with van der Waals surface area (Å²) >= 11 is 0. The Morgan fingerprint density at radius 2 is 2.09 bits per heavy atom. The fraction of sp³-hybridized carbons (Fsp3) is 0.562. The molecule has 1 aliphatic rings. The van der Waals surface area contributed by atoms with Crippen molar-refractivity contribution in [3.63, 3.8) is 0 Å². The normalized spacial score (nSPS) is 17.4. The third kappa shape index (κ3) is 4.22. The van der Waals surface area contributed by atoms with Crippen LogP contribution in [-0.4, -0.2) is 28.1 Å². The molecule has 1 fully saturated rings. The Morgan fingerprint density at radius 1 is 1.39 bits per heavy atom. The summed E-state index contributed by atoms with van der Waals surface area (Å²) in [5, 5.41) is 8.92. The van der Waals surface area contributed by atoms with Crippen LogP contribution in [0.25, 0.3) is 0 Å². The smallest absolute Gasteiger partial charge is 0.244 e. The number of rotatable bonds is 6. The lowest BCUT2D eigenvalue weighted by Gasteiger charge is -2.30. The molecule has 1 aromatic rings. The lowest BCUT2D eigenvalue weighted by Crippen LogP contribution is -2.45. The number of nitrogens with one attached hydrogen (secondary N) is 1. The van der Waals surface area contributed by atoms with Crippen LogP contribution in [0.2, 0.25) is 0 Å². The van der Waals surface area contributed by atoms with Crippen molar-refractivity contribution in [1.82, 2.24) is 4.72 Å². The number of nitriles is 1. The fourth-order valence-electron chi connectivity index (χ4n) is 3.10. The van der Waals surface area contributed by atoms with Gasteiger partial charge in [-0.2, -0.15) is 5.26 Å². The average molecular weight is 337 g/mol. The molecule has 0 saturated heterocycles. The van der Waals surface area contributed by atoms with E-state index >= 15 is 0 Å². The quantitative estimate of drug-likeness (QED) is 0.823. The topological polar surface area (TPSA) is 105 Å². The lowest BCUT2D eigenvalue weighted by atomic mass is 9.84. The third-order valence-electron chi connectivity index (χ3n) is 4.36. The first-order chi connectivity index (χ1) is 11.0. The van der Waals surface area contributed by atoms with Gasteiger partial charge in [-0.3, -0.25) is 0 Å². The van der Waals surface area contributed by atoms with E-state index < -0.39 is 10.0 Å². The number of methoxy groups -OCH3 is 1. The maximum absolute atomic E-state index is 12.7. The second-order valence-corrected chi connectivity index (χ2v) is 7.52. The number of sulfonamides is 1. The molecular weight excluding hydrogens is 314 g/mol. The summed E-state index contributed by atoms with van der Waals surface area (Å²) in [6.07, 6.45) is 5.42. The minimum absolute atomic E-state index is 0.0354. The molecule has 126 valence electrons. The van der Waals surface area contributed by atoms with E-state index in [0.29, 0.717) is 5.56 Å². The Balaban J connectivity index is 2.25. The fourth-order valence-corrected chi connectivity index (χ4v) is 4.56. The van der Waals surface area contributed by atoms with Crippen LogP contribution in [0.4, 0.5) is 0 Å². The van der Waals surface area contributed by atoms with Gasteiger partial charge in [0.25, 0.3) is 0 Å². The number of hydrogen-bond donors (Lipinski definition) is 2.